The molecule has 3 aromatic rings. The average Bonchev–Trinajstić information content (AvgIpc) is 3.30. The van der Waals surface area contributed by atoms with Crippen LogP contribution in [0.25, 0.3) is 22.2 Å². The van der Waals surface area contributed by atoms with Crippen LogP contribution in [0.1, 0.15) is 62.2 Å². The number of ether oxygens (including phenoxy) is 1. The highest BCUT2D eigenvalue weighted by Crippen LogP contribution is 2.42. The molecule has 0 unspecified atom stereocenters. The van der Waals surface area contributed by atoms with Crippen molar-refractivity contribution in [3.63, 3.8) is 0 Å². The number of hydrogen-bond donors (Lipinski definition) is 1. The summed E-state index contributed by atoms with van der Waals surface area (Å²) in [5.41, 5.74) is 4.95. The summed E-state index contributed by atoms with van der Waals surface area (Å²) < 4.78 is 8.23. The maximum absolute atomic E-state index is 12.5. The molecule has 2 aromatic heterocycles. The lowest BCUT2D eigenvalue weighted by Crippen LogP contribution is -2.29. The second kappa shape index (κ2) is 9.87. The summed E-state index contributed by atoms with van der Waals surface area (Å²) in [6, 6.07) is 7.43. The van der Waals surface area contributed by atoms with Gasteiger partial charge in [-0.15, -0.1) is 0 Å². The molecular weight excluding hydrogens is 478 g/mol. The molecule has 1 aliphatic heterocycles. The van der Waals surface area contributed by atoms with Crippen molar-refractivity contribution in [2.75, 3.05) is 13.1 Å². The zero-order valence-corrected chi connectivity index (χ0v) is 22.6. The van der Waals surface area contributed by atoms with Crippen molar-refractivity contribution in [3.05, 3.63) is 51.8 Å². The number of pyridine rings is 1. The number of fused-ring (bicyclic) bond motifs is 1. The van der Waals surface area contributed by atoms with Gasteiger partial charge in [0.1, 0.15) is 5.65 Å². The van der Waals surface area contributed by atoms with Gasteiger partial charge in [0, 0.05) is 59.0 Å². The van der Waals surface area contributed by atoms with Crippen LogP contribution in [-0.2, 0) is 20.9 Å². The summed E-state index contributed by atoms with van der Waals surface area (Å²) in [4.78, 5) is 31.6. The Balaban J connectivity index is 1.97. The molecule has 0 bridgehead atoms. The number of nitrogens with zero attached hydrogens (tertiary/aromatic N) is 3. The standard InChI is InChI=1S/C28H34ClN3O4/c1-16-18(3)32(15-14-31-13-7-8-21(31)33)26-22(16)24(19-9-11-20(29)12-10-19)23(17(2)30-26)25(27(34)35)36-28(4,5)6/h9-12,25H,7-8,13-15H2,1-6H3,(H,34,35)/t25-/m0/s1. The lowest BCUT2D eigenvalue weighted by atomic mass is 9.91. The van der Waals surface area contributed by atoms with Crippen LogP contribution in [0, 0.1) is 20.8 Å². The number of aryl methyl sites for hydroxylation is 2. The first-order valence-corrected chi connectivity index (χ1v) is 12.7. The molecule has 0 radical (unpaired) electrons. The van der Waals surface area contributed by atoms with E-state index in [0.717, 1.165) is 46.4 Å². The highest BCUT2D eigenvalue weighted by atomic mass is 35.5. The van der Waals surface area contributed by atoms with E-state index in [4.69, 9.17) is 21.3 Å². The fourth-order valence-corrected chi connectivity index (χ4v) is 5.18. The van der Waals surface area contributed by atoms with E-state index < -0.39 is 17.7 Å². The summed E-state index contributed by atoms with van der Waals surface area (Å²) in [5, 5.41) is 11.7. The van der Waals surface area contributed by atoms with Gasteiger partial charge in [0.2, 0.25) is 5.91 Å². The van der Waals surface area contributed by atoms with E-state index in [9.17, 15) is 14.7 Å². The average molecular weight is 512 g/mol. The number of carboxylic acid groups (broad SMARTS) is 1. The molecule has 7 nitrogen and oxygen atoms in total. The van der Waals surface area contributed by atoms with Crippen LogP contribution in [0.15, 0.2) is 24.3 Å². The van der Waals surface area contributed by atoms with Crippen molar-refractivity contribution in [1.82, 2.24) is 14.5 Å². The number of benzene rings is 1. The van der Waals surface area contributed by atoms with Gasteiger partial charge in [-0.3, -0.25) is 4.79 Å². The summed E-state index contributed by atoms with van der Waals surface area (Å²) in [5.74, 6) is -0.872. The Hall–Kier alpha value is -2.90. The SMILES string of the molecule is Cc1nc2c(c(C)c(C)n2CCN2CCCC2=O)c(-c2ccc(Cl)cc2)c1[C@H](OC(C)(C)C)C(=O)O. The van der Waals surface area contributed by atoms with Crippen LogP contribution < -0.4 is 0 Å². The Labute approximate surface area is 217 Å². The molecule has 1 aromatic carbocycles. The minimum absolute atomic E-state index is 0.192. The van der Waals surface area contributed by atoms with Gasteiger partial charge in [-0.25, -0.2) is 9.78 Å². The molecule has 1 amide bonds. The van der Waals surface area contributed by atoms with E-state index in [-0.39, 0.29) is 5.91 Å². The highest BCUT2D eigenvalue weighted by molar-refractivity contribution is 6.30. The second-order valence-corrected chi connectivity index (χ2v) is 10.9. The van der Waals surface area contributed by atoms with Crippen LogP contribution in [0.3, 0.4) is 0 Å². The van der Waals surface area contributed by atoms with Gasteiger partial charge in [0.15, 0.2) is 6.10 Å². The van der Waals surface area contributed by atoms with Crippen LogP contribution in [0.5, 0.6) is 0 Å². The fourth-order valence-electron chi connectivity index (χ4n) is 5.05. The number of hydrogen-bond acceptors (Lipinski definition) is 4. The largest absolute Gasteiger partial charge is 0.479 e. The van der Waals surface area contributed by atoms with E-state index in [1.54, 1.807) is 12.1 Å². The van der Waals surface area contributed by atoms with E-state index in [1.807, 2.05) is 58.6 Å². The third-order valence-corrected chi connectivity index (χ3v) is 7.09. The molecule has 1 fully saturated rings. The Morgan fingerprint density at radius 1 is 1.17 bits per heavy atom. The molecule has 192 valence electrons. The molecular formula is C28H34ClN3O4. The second-order valence-electron chi connectivity index (χ2n) is 10.5. The highest BCUT2D eigenvalue weighted by Gasteiger charge is 2.33. The predicted octanol–water partition coefficient (Wildman–Crippen LogP) is 5.85. The number of likely N-dealkylation sites (tertiary alicyclic amines) is 1. The van der Waals surface area contributed by atoms with Gasteiger partial charge in [-0.05, 0) is 71.2 Å². The normalized spacial score (nSPS) is 15.2. The molecule has 1 N–H and O–H groups in total. The number of amides is 1. The summed E-state index contributed by atoms with van der Waals surface area (Å²) in [7, 11) is 0. The molecule has 0 saturated carbocycles. The lowest BCUT2D eigenvalue weighted by molar-refractivity contribution is -0.160. The Morgan fingerprint density at radius 3 is 2.39 bits per heavy atom. The smallest absolute Gasteiger partial charge is 0.337 e. The van der Waals surface area contributed by atoms with Gasteiger partial charge < -0.3 is 19.3 Å². The Morgan fingerprint density at radius 2 is 1.83 bits per heavy atom. The Bertz CT molecular complexity index is 1320. The Kier molecular flexibility index (Phi) is 7.17. The van der Waals surface area contributed by atoms with E-state index in [0.29, 0.717) is 35.8 Å². The molecule has 36 heavy (non-hydrogen) atoms. The maximum Gasteiger partial charge on any atom is 0.337 e. The first-order valence-electron chi connectivity index (χ1n) is 12.3. The van der Waals surface area contributed by atoms with Crippen molar-refractivity contribution in [2.45, 2.75) is 72.6 Å². The van der Waals surface area contributed by atoms with E-state index >= 15 is 0 Å². The van der Waals surface area contributed by atoms with Crippen molar-refractivity contribution >= 4 is 34.5 Å². The number of halogens is 1. The molecule has 0 spiro atoms. The maximum atomic E-state index is 12.5. The lowest BCUT2D eigenvalue weighted by Gasteiger charge is -2.28. The van der Waals surface area contributed by atoms with Gasteiger partial charge in [-0.2, -0.15) is 0 Å². The number of carbonyl (C=O) groups excluding carboxylic acids is 1. The minimum atomic E-state index is -1.20. The first-order chi connectivity index (χ1) is 16.9. The van der Waals surface area contributed by atoms with E-state index in [2.05, 4.69) is 4.57 Å². The molecule has 3 heterocycles. The molecule has 1 aliphatic rings. The van der Waals surface area contributed by atoms with Crippen LogP contribution in [-0.4, -0.2) is 50.1 Å². The van der Waals surface area contributed by atoms with Crippen LogP contribution in [0.2, 0.25) is 5.02 Å². The number of carboxylic acids is 1. The van der Waals surface area contributed by atoms with Crippen molar-refractivity contribution < 1.29 is 19.4 Å². The summed E-state index contributed by atoms with van der Waals surface area (Å²) in [6.07, 6.45) is 0.309. The van der Waals surface area contributed by atoms with Gasteiger partial charge in [0.05, 0.1) is 5.60 Å². The van der Waals surface area contributed by atoms with Gasteiger partial charge >= 0.3 is 5.97 Å². The first kappa shape index (κ1) is 26.2. The van der Waals surface area contributed by atoms with Crippen molar-refractivity contribution in [3.8, 4) is 11.1 Å². The number of aromatic nitrogens is 2. The molecule has 4 rings (SSSR count). The topological polar surface area (TPSA) is 84.7 Å². The number of rotatable bonds is 7. The van der Waals surface area contributed by atoms with Crippen LogP contribution in [0.4, 0.5) is 0 Å². The fraction of sp³-hybridized carbons (Fsp3) is 0.464. The summed E-state index contributed by atoms with van der Waals surface area (Å²) in [6.45, 7) is 13.5. The van der Waals surface area contributed by atoms with Gasteiger partial charge in [0.25, 0.3) is 0 Å². The van der Waals surface area contributed by atoms with E-state index in [1.165, 1.54) is 0 Å². The minimum Gasteiger partial charge on any atom is -0.479 e. The monoisotopic (exact) mass is 511 g/mol. The number of carbonyl (C=O) groups is 2. The van der Waals surface area contributed by atoms with Crippen LogP contribution >= 0.6 is 11.6 Å². The molecule has 1 saturated heterocycles. The van der Waals surface area contributed by atoms with Gasteiger partial charge in [-0.1, -0.05) is 23.7 Å². The molecule has 8 heteroatoms. The third-order valence-electron chi connectivity index (χ3n) is 6.84. The zero-order chi connectivity index (χ0) is 26.4. The summed E-state index contributed by atoms with van der Waals surface area (Å²) >= 11 is 6.20. The number of aliphatic carboxylic acids is 1. The molecule has 1 atom stereocenters. The van der Waals surface area contributed by atoms with Crippen molar-refractivity contribution in [2.24, 2.45) is 0 Å². The molecule has 0 aliphatic carbocycles. The third kappa shape index (κ3) is 5.00. The van der Waals surface area contributed by atoms with Crippen molar-refractivity contribution in [1.29, 1.82) is 0 Å². The predicted molar refractivity (Wildman–Crippen MR) is 141 cm³/mol. The zero-order valence-electron chi connectivity index (χ0n) is 21.8. The quantitative estimate of drug-likeness (QED) is 0.430.